The predicted octanol–water partition coefficient (Wildman–Crippen LogP) is 2.14. The van der Waals surface area contributed by atoms with E-state index in [2.05, 4.69) is 20.6 Å². The molecule has 1 amide bonds. The lowest BCUT2D eigenvalue weighted by Gasteiger charge is -2.03. The second kappa shape index (κ2) is 7.12. The van der Waals surface area contributed by atoms with Crippen molar-refractivity contribution in [2.45, 2.75) is 6.54 Å². The molecule has 1 aromatic carbocycles. The highest BCUT2D eigenvalue weighted by Gasteiger charge is 2.10. The average molecular weight is 363 g/mol. The van der Waals surface area contributed by atoms with E-state index in [1.165, 1.54) is 11.3 Å². The van der Waals surface area contributed by atoms with Crippen LogP contribution in [0.15, 0.2) is 35.1 Å². The minimum absolute atomic E-state index is 0.126. The number of benzene rings is 1. The number of amides is 1. The third kappa shape index (κ3) is 3.64. The Morgan fingerprint density at radius 2 is 2.08 bits per heavy atom. The van der Waals surface area contributed by atoms with Crippen LogP contribution in [0.1, 0.15) is 5.82 Å². The molecule has 0 saturated carbocycles. The summed E-state index contributed by atoms with van der Waals surface area (Å²) < 4.78 is 0.579. The molecular formula is C16H15ClN4O2S. The van der Waals surface area contributed by atoms with E-state index in [0.29, 0.717) is 27.6 Å². The summed E-state index contributed by atoms with van der Waals surface area (Å²) in [4.78, 5) is 31.6. The zero-order valence-corrected chi connectivity index (χ0v) is 14.4. The normalized spacial score (nSPS) is 10.9. The van der Waals surface area contributed by atoms with E-state index in [0.717, 1.165) is 10.4 Å². The molecule has 3 N–H and O–H groups in total. The molecule has 0 unspecified atom stereocenters. The summed E-state index contributed by atoms with van der Waals surface area (Å²) in [5.41, 5.74) is 1.45. The molecule has 8 heteroatoms. The fourth-order valence-electron chi connectivity index (χ4n) is 2.21. The first-order valence-corrected chi connectivity index (χ1v) is 8.46. The van der Waals surface area contributed by atoms with Crippen molar-refractivity contribution < 1.29 is 4.79 Å². The van der Waals surface area contributed by atoms with Gasteiger partial charge in [0.2, 0.25) is 5.91 Å². The van der Waals surface area contributed by atoms with Gasteiger partial charge in [-0.05, 0) is 23.8 Å². The van der Waals surface area contributed by atoms with E-state index in [9.17, 15) is 9.59 Å². The molecule has 124 valence electrons. The number of carbonyl (C=O) groups is 1. The number of thiophene rings is 1. The first kappa shape index (κ1) is 16.6. The van der Waals surface area contributed by atoms with E-state index in [1.54, 1.807) is 7.05 Å². The van der Waals surface area contributed by atoms with Crippen molar-refractivity contribution in [2.24, 2.45) is 0 Å². The van der Waals surface area contributed by atoms with Gasteiger partial charge in [0.1, 0.15) is 10.5 Å². The Morgan fingerprint density at radius 1 is 1.33 bits per heavy atom. The smallest absolute Gasteiger partial charge is 0.268 e. The minimum atomic E-state index is -0.179. The number of fused-ring (bicyclic) bond motifs is 1. The minimum Gasteiger partial charge on any atom is -0.358 e. The Labute approximate surface area is 146 Å². The molecule has 2 heterocycles. The van der Waals surface area contributed by atoms with Gasteiger partial charge >= 0.3 is 0 Å². The number of nitrogens with one attached hydrogen (secondary N) is 3. The molecule has 0 fully saturated rings. The molecular weight excluding hydrogens is 348 g/mol. The molecule has 0 aliphatic carbocycles. The molecule has 0 aliphatic heterocycles. The van der Waals surface area contributed by atoms with Gasteiger partial charge in [0.05, 0.1) is 18.6 Å². The van der Waals surface area contributed by atoms with Gasteiger partial charge in [0, 0.05) is 16.9 Å². The van der Waals surface area contributed by atoms with Crippen LogP contribution < -0.4 is 16.2 Å². The Morgan fingerprint density at radius 3 is 2.79 bits per heavy atom. The fourth-order valence-corrected chi connectivity index (χ4v) is 3.33. The highest BCUT2D eigenvalue weighted by molar-refractivity contribution is 7.22. The van der Waals surface area contributed by atoms with Crippen molar-refractivity contribution in [1.82, 2.24) is 20.6 Å². The first-order valence-electron chi connectivity index (χ1n) is 7.27. The Bertz CT molecular complexity index is 933. The number of H-pyrrole nitrogens is 1. The van der Waals surface area contributed by atoms with E-state index < -0.39 is 0 Å². The van der Waals surface area contributed by atoms with Gasteiger partial charge in [0.25, 0.3) is 5.56 Å². The van der Waals surface area contributed by atoms with Gasteiger partial charge in [-0.25, -0.2) is 4.98 Å². The fraction of sp³-hybridized carbons (Fsp3) is 0.188. The largest absolute Gasteiger partial charge is 0.358 e. The molecule has 3 aromatic rings. The lowest BCUT2D eigenvalue weighted by atomic mass is 10.2. The highest BCUT2D eigenvalue weighted by atomic mass is 35.5. The Kier molecular flexibility index (Phi) is 4.94. The SMILES string of the molecule is CNC(=O)CNCc1nc2cc(-c3ccc(Cl)cc3)sc2c(=O)[nH]1. The number of hydrogen-bond donors (Lipinski definition) is 3. The summed E-state index contributed by atoms with van der Waals surface area (Å²) in [6.07, 6.45) is 0. The van der Waals surface area contributed by atoms with Crippen molar-refractivity contribution >= 4 is 39.1 Å². The molecule has 0 saturated heterocycles. The zero-order valence-electron chi connectivity index (χ0n) is 12.9. The first-order chi connectivity index (χ1) is 11.6. The van der Waals surface area contributed by atoms with Gasteiger partial charge in [-0.1, -0.05) is 23.7 Å². The zero-order chi connectivity index (χ0) is 17.1. The number of likely N-dealkylation sites (N-methyl/N-ethyl adjacent to an activating group) is 1. The van der Waals surface area contributed by atoms with Gasteiger partial charge in [0.15, 0.2) is 0 Å². The molecule has 0 spiro atoms. The topological polar surface area (TPSA) is 86.9 Å². The van der Waals surface area contributed by atoms with Crippen LogP contribution in [0, 0.1) is 0 Å². The second-order valence-corrected chi connectivity index (χ2v) is 6.61. The maximum absolute atomic E-state index is 12.2. The molecule has 0 aliphatic rings. The van der Waals surface area contributed by atoms with Crippen molar-refractivity contribution in [3.8, 4) is 10.4 Å². The number of halogens is 1. The van der Waals surface area contributed by atoms with Crippen LogP contribution in [-0.2, 0) is 11.3 Å². The third-order valence-electron chi connectivity index (χ3n) is 3.42. The second-order valence-electron chi connectivity index (χ2n) is 5.12. The highest BCUT2D eigenvalue weighted by Crippen LogP contribution is 2.31. The molecule has 2 aromatic heterocycles. The molecule has 0 atom stereocenters. The number of rotatable bonds is 5. The van der Waals surface area contributed by atoms with E-state index in [-0.39, 0.29) is 18.0 Å². The number of nitrogens with zero attached hydrogens (tertiary/aromatic N) is 1. The summed E-state index contributed by atoms with van der Waals surface area (Å²) in [6.45, 7) is 0.475. The van der Waals surface area contributed by atoms with Crippen LogP contribution in [0.4, 0.5) is 0 Å². The van der Waals surface area contributed by atoms with Gasteiger partial charge in [-0.3, -0.25) is 9.59 Å². The number of carbonyl (C=O) groups excluding carboxylic acids is 1. The van der Waals surface area contributed by atoms with E-state index >= 15 is 0 Å². The van der Waals surface area contributed by atoms with Crippen molar-refractivity contribution in [2.75, 3.05) is 13.6 Å². The van der Waals surface area contributed by atoms with Crippen molar-refractivity contribution in [1.29, 1.82) is 0 Å². The quantitative estimate of drug-likeness (QED) is 0.649. The molecule has 3 rings (SSSR count). The number of aromatic nitrogens is 2. The monoisotopic (exact) mass is 362 g/mol. The molecule has 6 nitrogen and oxygen atoms in total. The van der Waals surface area contributed by atoms with Crippen LogP contribution in [0.2, 0.25) is 5.02 Å². The average Bonchev–Trinajstić information content (AvgIpc) is 3.00. The maximum Gasteiger partial charge on any atom is 0.268 e. The third-order valence-corrected chi connectivity index (χ3v) is 4.84. The van der Waals surface area contributed by atoms with E-state index in [4.69, 9.17) is 11.6 Å². The number of hydrogen-bond acceptors (Lipinski definition) is 5. The van der Waals surface area contributed by atoms with Crippen LogP contribution in [0.5, 0.6) is 0 Å². The summed E-state index contributed by atoms with van der Waals surface area (Å²) in [6, 6.07) is 9.33. The van der Waals surface area contributed by atoms with Gasteiger partial charge in [-0.2, -0.15) is 0 Å². The van der Waals surface area contributed by atoms with E-state index in [1.807, 2.05) is 30.3 Å². The van der Waals surface area contributed by atoms with Gasteiger partial charge in [-0.15, -0.1) is 11.3 Å². The maximum atomic E-state index is 12.2. The summed E-state index contributed by atoms with van der Waals surface area (Å²) in [7, 11) is 1.57. The van der Waals surface area contributed by atoms with Crippen LogP contribution in [-0.4, -0.2) is 29.5 Å². The predicted molar refractivity (Wildman–Crippen MR) is 96.5 cm³/mol. The molecule has 0 radical (unpaired) electrons. The molecule has 0 bridgehead atoms. The van der Waals surface area contributed by atoms with Crippen LogP contribution in [0.25, 0.3) is 20.7 Å². The lowest BCUT2D eigenvalue weighted by molar-refractivity contribution is -0.119. The van der Waals surface area contributed by atoms with Crippen LogP contribution in [0.3, 0.4) is 0 Å². The van der Waals surface area contributed by atoms with Crippen molar-refractivity contribution in [3.05, 3.63) is 51.5 Å². The Balaban J connectivity index is 1.86. The van der Waals surface area contributed by atoms with Crippen molar-refractivity contribution in [3.63, 3.8) is 0 Å². The summed E-state index contributed by atoms with van der Waals surface area (Å²) in [5.74, 6) is 0.371. The number of aromatic amines is 1. The Hall–Kier alpha value is -2.22. The standard InChI is InChI=1S/C16H15ClN4O2S/c1-18-14(22)8-19-7-13-20-11-6-12(24-15(11)16(23)21-13)9-2-4-10(17)5-3-9/h2-6,19H,7-8H2,1H3,(H,18,22)(H,20,21,23). The molecule has 24 heavy (non-hydrogen) atoms. The summed E-state index contributed by atoms with van der Waals surface area (Å²) in [5, 5.41) is 6.12. The van der Waals surface area contributed by atoms with Crippen LogP contribution >= 0.6 is 22.9 Å². The lowest BCUT2D eigenvalue weighted by Crippen LogP contribution is -2.31. The summed E-state index contributed by atoms with van der Waals surface area (Å²) >= 11 is 7.30. The van der Waals surface area contributed by atoms with Gasteiger partial charge < -0.3 is 15.6 Å².